The van der Waals surface area contributed by atoms with Crippen molar-refractivity contribution in [3.8, 4) is 0 Å². The zero-order valence-electron chi connectivity index (χ0n) is 8.67. The number of hydrogen-bond acceptors (Lipinski definition) is 1. The molecule has 2 N–H and O–H groups in total. The van der Waals surface area contributed by atoms with Gasteiger partial charge in [0.05, 0.1) is 4.47 Å². The summed E-state index contributed by atoms with van der Waals surface area (Å²) in [6.45, 7) is 2.13. The van der Waals surface area contributed by atoms with E-state index in [1.54, 1.807) is 12.1 Å². The zero-order valence-corrected chi connectivity index (χ0v) is 11.1. The average Bonchev–Trinajstić information content (AvgIpc) is 2.18. The van der Waals surface area contributed by atoms with Crippen molar-refractivity contribution in [2.24, 2.45) is 5.73 Å². The third kappa shape index (κ3) is 4.49. The van der Waals surface area contributed by atoms with Crippen molar-refractivity contribution in [2.45, 2.75) is 32.2 Å². The Labute approximate surface area is 105 Å². The minimum Gasteiger partial charge on any atom is -0.324 e. The Morgan fingerprint density at radius 2 is 2.13 bits per heavy atom. The van der Waals surface area contributed by atoms with E-state index in [2.05, 4.69) is 22.9 Å². The Balaban J connectivity index is 0.00000196. The molecule has 1 aromatic carbocycles. The van der Waals surface area contributed by atoms with E-state index >= 15 is 0 Å². The third-order valence-corrected chi connectivity index (χ3v) is 2.85. The van der Waals surface area contributed by atoms with E-state index in [1.165, 1.54) is 6.07 Å². The van der Waals surface area contributed by atoms with Crippen LogP contribution in [-0.2, 0) is 0 Å². The quantitative estimate of drug-likeness (QED) is 0.885. The number of nitrogens with two attached hydrogens (primary N) is 1. The van der Waals surface area contributed by atoms with Gasteiger partial charge in [-0.05, 0) is 40.0 Å². The largest absolute Gasteiger partial charge is 0.324 e. The van der Waals surface area contributed by atoms with Gasteiger partial charge in [0.1, 0.15) is 5.82 Å². The summed E-state index contributed by atoms with van der Waals surface area (Å²) < 4.78 is 13.4. The monoisotopic (exact) mass is 295 g/mol. The molecule has 0 fully saturated rings. The predicted octanol–water partition coefficient (Wildman–Crippen LogP) is 4.20. The fourth-order valence-corrected chi connectivity index (χ4v) is 1.73. The molecule has 0 aliphatic heterocycles. The second-order valence-electron chi connectivity index (χ2n) is 3.42. The first-order valence-corrected chi connectivity index (χ1v) is 5.65. The highest BCUT2D eigenvalue weighted by atomic mass is 79.9. The highest BCUT2D eigenvalue weighted by molar-refractivity contribution is 9.10. The lowest BCUT2D eigenvalue weighted by Crippen LogP contribution is -2.10. The summed E-state index contributed by atoms with van der Waals surface area (Å²) in [6, 6.07) is 4.98. The lowest BCUT2D eigenvalue weighted by molar-refractivity contribution is 0.594. The smallest absolute Gasteiger partial charge is 0.137 e. The lowest BCUT2D eigenvalue weighted by Gasteiger charge is -2.11. The average molecular weight is 297 g/mol. The van der Waals surface area contributed by atoms with E-state index in [1.807, 2.05) is 0 Å². The third-order valence-electron chi connectivity index (χ3n) is 2.24. The summed E-state index contributed by atoms with van der Waals surface area (Å²) in [5, 5.41) is 0. The Morgan fingerprint density at radius 3 is 2.67 bits per heavy atom. The van der Waals surface area contributed by atoms with Gasteiger partial charge >= 0.3 is 0 Å². The van der Waals surface area contributed by atoms with E-state index in [0.717, 1.165) is 24.8 Å². The molecule has 0 aliphatic carbocycles. The molecular weight excluding hydrogens is 280 g/mol. The van der Waals surface area contributed by atoms with Gasteiger partial charge in [0.2, 0.25) is 0 Å². The van der Waals surface area contributed by atoms with Crippen LogP contribution in [0.2, 0.25) is 0 Å². The topological polar surface area (TPSA) is 26.0 Å². The molecule has 0 saturated carbocycles. The maximum Gasteiger partial charge on any atom is 0.137 e. The number of benzene rings is 1. The van der Waals surface area contributed by atoms with Gasteiger partial charge in [0.15, 0.2) is 0 Å². The minimum absolute atomic E-state index is 0. The van der Waals surface area contributed by atoms with Crippen molar-refractivity contribution in [2.75, 3.05) is 0 Å². The molecule has 4 heteroatoms. The summed E-state index contributed by atoms with van der Waals surface area (Å²) in [5.74, 6) is -0.239. The lowest BCUT2D eigenvalue weighted by atomic mass is 10.0. The summed E-state index contributed by atoms with van der Waals surface area (Å²) in [5.41, 5.74) is 6.95. The van der Waals surface area contributed by atoms with Crippen molar-refractivity contribution in [3.63, 3.8) is 0 Å². The molecule has 0 heterocycles. The number of unbranched alkanes of at least 4 members (excludes halogenated alkanes) is 1. The molecule has 1 nitrogen and oxygen atoms in total. The molecule has 0 amide bonds. The molecular formula is C11H16BrClFN. The highest BCUT2D eigenvalue weighted by Crippen LogP contribution is 2.22. The van der Waals surface area contributed by atoms with Crippen LogP contribution in [0.25, 0.3) is 0 Å². The van der Waals surface area contributed by atoms with Crippen molar-refractivity contribution >= 4 is 28.3 Å². The van der Waals surface area contributed by atoms with Gasteiger partial charge in [-0.3, -0.25) is 0 Å². The second-order valence-corrected chi connectivity index (χ2v) is 4.28. The van der Waals surface area contributed by atoms with Crippen LogP contribution < -0.4 is 5.73 Å². The van der Waals surface area contributed by atoms with Crippen LogP contribution in [0.4, 0.5) is 4.39 Å². The fraction of sp³-hybridized carbons (Fsp3) is 0.455. The maximum absolute atomic E-state index is 12.9. The number of hydrogen-bond donors (Lipinski definition) is 1. The summed E-state index contributed by atoms with van der Waals surface area (Å²) >= 11 is 3.15. The maximum atomic E-state index is 12.9. The van der Waals surface area contributed by atoms with Gasteiger partial charge in [-0.25, -0.2) is 4.39 Å². The van der Waals surface area contributed by atoms with Crippen molar-refractivity contribution in [1.82, 2.24) is 0 Å². The molecule has 1 aromatic rings. The van der Waals surface area contributed by atoms with E-state index in [9.17, 15) is 4.39 Å². The number of rotatable bonds is 4. The summed E-state index contributed by atoms with van der Waals surface area (Å²) in [6.07, 6.45) is 3.20. The normalized spacial score (nSPS) is 12.0. The van der Waals surface area contributed by atoms with Gasteiger partial charge in [0, 0.05) is 6.04 Å². The summed E-state index contributed by atoms with van der Waals surface area (Å²) in [4.78, 5) is 0. The first kappa shape index (κ1) is 14.9. The minimum atomic E-state index is -0.239. The van der Waals surface area contributed by atoms with E-state index in [-0.39, 0.29) is 24.3 Å². The standard InChI is InChI=1S/C11H15BrFN.ClH/c1-2-3-4-11(14)8-5-6-10(13)9(12)7-8;/h5-7,11H,2-4,14H2,1H3;1H/t11-;/m1./s1. The van der Waals surface area contributed by atoms with E-state index in [0.29, 0.717) is 4.47 Å². The van der Waals surface area contributed by atoms with Gasteiger partial charge in [-0.2, -0.15) is 0 Å². The molecule has 0 aromatic heterocycles. The molecule has 86 valence electrons. The Kier molecular flexibility index (Phi) is 7.14. The van der Waals surface area contributed by atoms with Crippen molar-refractivity contribution in [3.05, 3.63) is 34.1 Å². The zero-order chi connectivity index (χ0) is 10.6. The molecule has 0 bridgehead atoms. The Morgan fingerprint density at radius 1 is 1.47 bits per heavy atom. The molecule has 1 atom stereocenters. The molecule has 0 unspecified atom stereocenters. The molecule has 0 spiro atoms. The molecule has 1 rings (SSSR count). The van der Waals surface area contributed by atoms with Gasteiger partial charge < -0.3 is 5.73 Å². The van der Waals surface area contributed by atoms with Crippen molar-refractivity contribution < 1.29 is 4.39 Å². The van der Waals surface area contributed by atoms with Crippen LogP contribution in [0.5, 0.6) is 0 Å². The van der Waals surface area contributed by atoms with Crippen molar-refractivity contribution in [1.29, 1.82) is 0 Å². The summed E-state index contributed by atoms with van der Waals surface area (Å²) in [7, 11) is 0. The second kappa shape index (κ2) is 7.20. The van der Waals surface area contributed by atoms with Crippen LogP contribution in [0.15, 0.2) is 22.7 Å². The highest BCUT2D eigenvalue weighted by Gasteiger charge is 2.07. The van der Waals surface area contributed by atoms with Crippen LogP contribution in [0.1, 0.15) is 37.8 Å². The van der Waals surface area contributed by atoms with Crippen LogP contribution in [0.3, 0.4) is 0 Å². The molecule has 0 saturated heterocycles. The van der Waals surface area contributed by atoms with E-state index < -0.39 is 0 Å². The fourth-order valence-electron chi connectivity index (χ4n) is 1.33. The first-order chi connectivity index (χ1) is 6.65. The number of halogens is 3. The van der Waals surface area contributed by atoms with Crippen LogP contribution in [0, 0.1) is 5.82 Å². The van der Waals surface area contributed by atoms with Gasteiger partial charge in [-0.15, -0.1) is 12.4 Å². The SMILES string of the molecule is CCCC[C@@H](N)c1ccc(F)c(Br)c1.Cl. The van der Waals surface area contributed by atoms with Crippen LogP contribution >= 0.6 is 28.3 Å². The first-order valence-electron chi connectivity index (χ1n) is 4.85. The molecule has 15 heavy (non-hydrogen) atoms. The van der Waals surface area contributed by atoms with Gasteiger partial charge in [0.25, 0.3) is 0 Å². The Hall–Kier alpha value is -0.120. The van der Waals surface area contributed by atoms with Crippen LogP contribution in [-0.4, -0.2) is 0 Å². The molecule has 0 radical (unpaired) electrons. The van der Waals surface area contributed by atoms with Gasteiger partial charge in [-0.1, -0.05) is 25.8 Å². The molecule has 0 aliphatic rings. The Bertz CT molecular complexity index is 307. The van der Waals surface area contributed by atoms with E-state index in [4.69, 9.17) is 5.73 Å². The predicted molar refractivity (Wildman–Crippen MR) is 67.8 cm³/mol.